The van der Waals surface area contributed by atoms with E-state index in [-0.39, 0.29) is 33.5 Å². The number of fused-ring (bicyclic) bond motifs is 2. The smallest absolute Gasteiger partial charge is 0.416 e. The Morgan fingerprint density at radius 2 is 1.93 bits per heavy atom. The highest BCUT2D eigenvalue weighted by Crippen LogP contribution is 2.48. The highest BCUT2D eigenvalue weighted by Gasteiger charge is 2.50. The van der Waals surface area contributed by atoms with Crippen molar-refractivity contribution in [3.05, 3.63) is 89.7 Å². The van der Waals surface area contributed by atoms with Crippen LogP contribution in [0.15, 0.2) is 83.0 Å². The predicted octanol–water partition coefficient (Wildman–Crippen LogP) is 4.25. The van der Waals surface area contributed by atoms with Crippen LogP contribution in [0.4, 0.5) is 19.0 Å². The van der Waals surface area contributed by atoms with Gasteiger partial charge in [0.1, 0.15) is 23.5 Å². The molecule has 4 aliphatic rings. The lowest BCUT2D eigenvalue weighted by molar-refractivity contribution is -0.750. The van der Waals surface area contributed by atoms with Crippen molar-refractivity contribution in [3.8, 4) is 5.75 Å². The number of aliphatic imine (C=N–C) groups is 2. The maximum Gasteiger partial charge on any atom is 0.416 e. The number of aromatic nitrogens is 1. The lowest BCUT2D eigenvalue weighted by atomic mass is 10.00. The number of allylic oxidation sites excluding steroid dienone is 2. The summed E-state index contributed by atoms with van der Waals surface area (Å²) < 4.78 is 44.6. The van der Waals surface area contributed by atoms with Crippen molar-refractivity contribution >= 4 is 29.7 Å². The van der Waals surface area contributed by atoms with Crippen LogP contribution in [0.25, 0.3) is 0 Å². The summed E-state index contributed by atoms with van der Waals surface area (Å²) in [4.78, 5) is 40.2. The molecule has 2 aromatic rings. The summed E-state index contributed by atoms with van der Waals surface area (Å²) in [6.45, 7) is 4.99. The fourth-order valence-electron chi connectivity index (χ4n) is 6.42. The fourth-order valence-corrected chi connectivity index (χ4v) is 6.42. The van der Waals surface area contributed by atoms with E-state index in [1.54, 1.807) is 30.7 Å². The number of halogens is 3. The second-order valence-electron chi connectivity index (χ2n) is 11.0. The number of benzene rings is 1. The number of anilines is 1. The van der Waals surface area contributed by atoms with Crippen LogP contribution < -0.4 is 15.9 Å². The molecule has 3 aliphatic heterocycles. The lowest BCUT2D eigenvalue weighted by Crippen LogP contribution is -2.53. The van der Waals surface area contributed by atoms with Gasteiger partial charge in [-0.15, -0.1) is 4.59 Å². The van der Waals surface area contributed by atoms with Crippen LogP contribution in [-0.4, -0.2) is 58.5 Å². The largest absolute Gasteiger partial charge is 0.496 e. The van der Waals surface area contributed by atoms with E-state index in [4.69, 9.17) is 15.6 Å². The van der Waals surface area contributed by atoms with Crippen molar-refractivity contribution in [2.45, 2.75) is 19.0 Å². The molecule has 2 amide bonds. The number of likely N-dealkylation sites (tertiary alicyclic amines) is 1. The standard InChI is InChI=1S/C30H28F3N7O3/c1-3-26(41)39-15-19-10-18(11-20(19)16-39)27-23-14-35-8-9-40(23,34)28(38-27)17-4-5-22(24(12-17)43-2)29(42)37-25-13-21(6-7-36-25)30(31,32)33/h3-9,12-14,18-20H,1,10-11,15-16,34H2,2H3/p+1. The van der Waals surface area contributed by atoms with E-state index in [0.717, 1.165) is 42.6 Å². The lowest BCUT2D eigenvalue weighted by Gasteiger charge is -2.27. The maximum absolute atomic E-state index is 13.1. The molecule has 0 bridgehead atoms. The molecule has 1 aromatic carbocycles. The number of nitrogens with one attached hydrogen (secondary N) is 1. The van der Waals surface area contributed by atoms with Crippen LogP contribution in [-0.2, 0) is 11.0 Å². The quantitative estimate of drug-likeness (QED) is 0.295. The normalized spacial score (nSPS) is 25.8. The number of methoxy groups -OCH3 is 1. The average Bonchev–Trinajstić information content (AvgIpc) is 3.66. The molecule has 1 saturated heterocycles. The van der Waals surface area contributed by atoms with E-state index in [1.807, 2.05) is 4.90 Å². The van der Waals surface area contributed by atoms with Gasteiger partial charge in [-0.1, -0.05) is 6.58 Å². The zero-order valence-corrected chi connectivity index (χ0v) is 23.2. The molecule has 1 saturated carbocycles. The Kier molecular flexibility index (Phi) is 7.01. The van der Waals surface area contributed by atoms with Gasteiger partial charge in [0.2, 0.25) is 11.6 Å². The van der Waals surface area contributed by atoms with Crippen molar-refractivity contribution in [1.82, 2.24) is 9.88 Å². The predicted molar refractivity (Wildman–Crippen MR) is 152 cm³/mol. The average molecular weight is 593 g/mol. The van der Waals surface area contributed by atoms with Gasteiger partial charge >= 0.3 is 6.18 Å². The zero-order valence-electron chi connectivity index (χ0n) is 23.2. The number of ether oxygens (including phenoxy) is 1. The van der Waals surface area contributed by atoms with Gasteiger partial charge in [0.25, 0.3) is 11.7 Å². The van der Waals surface area contributed by atoms with Crippen molar-refractivity contribution < 1.29 is 32.1 Å². The monoisotopic (exact) mass is 592 g/mol. The molecule has 10 nitrogen and oxygen atoms in total. The van der Waals surface area contributed by atoms with Crippen LogP contribution >= 0.6 is 0 Å². The first-order chi connectivity index (χ1) is 20.5. The second kappa shape index (κ2) is 10.6. The number of carbonyl (C=O) groups is 2. The zero-order chi connectivity index (χ0) is 30.5. The molecule has 13 heteroatoms. The summed E-state index contributed by atoms with van der Waals surface area (Å²) >= 11 is 0. The summed E-state index contributed by atoms with van der Waals surface area (Å²) in [5.74, 6) is 7.50. The Hall–Kier alpha value is -4.62. The van der Waals surface area contributed by atoms with E-state index in [2.05, 4.69) is 21.9 Å². The van der Waals surface area contributed by atoms with Gasteiger partial charge in [-0.05, 0) is 61.1 Å². The molecule has 4 heterocycles. The van der Waals surface area contributed by atoms with Crippen LogP contribution in [0.1, 0.15) is 34.3 Å². The highest BCUT2D eigenvalue weighted by molar-refractivity contribution is 6.07. The molecule has 3 unspecified atom stereocenters. The number of nitrogens with zero attached hydrogens (tertiary/aromatic N) is 5. The third-order valence-electron chi connectivity index (χ3n) is 8.48. The molecule has 6 rings (SSSR count). The first kappa shape index (κ1) is 28.5. The van der Waals surface area contributed by atoms with Crippen molar-refractivity contribution in [3.63, 3.8) is 0 Å². The molecular weight excluding hydrogens is 563 g/mol. The van der Waals surface area contributed by atoms with Crippen LogP contribution in [0.5, 0.6) is 5.75 Å². The summed E-state index contributed by atoms with van der Waals surface area (Å²) in [6.07, 6.45) is 4.54. The van der Waals surface area contributed by atoms with Crippen molar-refractivity contribution in [1.29, 1.82) is 0 Å². The first-order valence-corrected chi connectivity index (χ1v) is 13.7. The molecule has 43 heavy (non-hydrogen) atoms. The minimum Gasteiger partial charge on any atom is -0.496 e. The Balaban J connectivity index is 1.26. The number of quaternary nitrogens is 1. The van der Waals surface area contributed by atoms with E-state index in [0.29, 0.717) is 36.3 Å². The third-order valence-corrected chi connectivity index (χ3v) is 8.48. The van der Waals surface area contributed by atoms with E-state index >= 15 is 0 Å². The molecule has 0 spiro atoms. The van der Waals surface area contributed by atoms with Gasteiger partial charge in [0, 0.05) is 25.2 Å². The number of carbonyl (C=O) groups excluding carboxylic acids is 2. The van der Waals surface area contributed by atoms with Crippen molar-refractivity contribution in [2.75, 3.05) is 25.5 Å². The van der Waals surface area contributed by atoms with Gasteiger partial charge in [0.05, 0.1) is 36.2 Å². The number of alkyl halides is 3. The number of amidine groups is 1. The number of rotatable bonds is 6. The summed E-state index contributed by atoms with van der Waals surface area (Å²) in [5.41, 5.74) is 1.36. The molecule has 222 valence electrons. The van der Waals surface area contributed by atoms with E-state index in [1.165, 1.54) is 19.3 Å². The number of hydrogen-bond donors (Lipinski definition) is 2. The van der Waals surface area contributed by atoms with Crippen LogP contribution in [0, 0.1) is 17.8 Å². The second-order valence-corrected chi connectivity index (χ2v) is 11.0. The molecule has 0 radical (unpaired) electrons. The number of nitrogens with two attached hydrogens (primary N) is 1. The molecule has 2 fully saturated rings. The molecule has 1 aromatic heterocycles. The Morgan fingerprint density at radius 1 is 1.19 bits per heavy atom. The number of amides is 2. The minimum atomic E-state index is -4.58. The van der Waals surface area contributed by atoms with Gasteiger partial charge in [-0.2, -0.15) is 24.0 Å². The minimum absolute atomic E-state index is 0.0477. The SMILES string of the molecule is C=CC(=O)N1CC2CC(C3=C4C=NC=C[N+]4(N)C(c4ccc(C(=O)Nc5cc(C(F)(F)F)ccn5)c(OC)c4)=N3)CC2C1. The molecular formula is C30H29F3N7O3+. The summed E-state index contributed by atoms with van der Waals surface area (Å²) in [6, 6.07) is 6.40. The Bertz CT molecular complexity index is 1630. The number of pyridine rings is 1. The topological polar surface area (TPSA) is 122 Å². The maximum atomic E-state index is 13.1. The van der Waals surface area contributed by atoms with Gasteiger partial charge in [-0.3, -0.25) is 14.6 Å². The van der Waals surface area contributed by atoms with Gasteiger partial charge < -0.3 is 15.0 Å². The summed E-state index contributed by atoms with van der Waals surface area (Å²) in [7, 11) is 1.39. The van der Waals surface area contributed by atoms with Crippen LogP contribution in [0.3, 0.4) is 0 Å². The number of hydrogen-bond acceptors (Lipinski definition) is 7. The molecule has 3 atom stereocenters. The van der Waals surface area contributed by atoms with Gasteiger partial charge in [-0.25, -0.2) is 4.98 Å². The highest BCUT2D eigenvalue weighted by atomic mass is 19.4. The third kappa shape index (κ3) is 5.04. The van der Waals surface area contributed by atoms with Crippen molar-refractivity contribution in [2.24, 2.45) is 33.6 Å². The molecule has 3 N–H and O–H groups in total. The Labute approximate surface area is 245 Å². The van der Waals surface area contributed by atoms with E-state index < -0.39 is 17.6 Å². The first-order valence-electron chi connectivity index (χ1n) is 13.7. The fraction of sp³-hybridized carbons (Fsp3) is 0.300. The van der Waals surface area contributed by atoms with E-state index in [9.17, 15) is 22.8 Å². The van der Waals surface area contributed by atoms with Gasteiger partial charge in [0.15, 0.2) is 0 Å². The summed E-state index contributed by atoms with van der Waals surface area (Å²) in [5, 5.41) is 2.41. The Morgan fingerprint density at radius 3 is 2.60 bits per heavy atom. The molecule has 1 aliphatic carbocycles. The van der Waals surface area contributed by atoms with Crippen LogP contribution in [0.2, 0.25) is 0 Å².